The second-order valence-electron chi connectivity index (χ2n) is 7.27. The summed E-state index contributed by atoms with van der Waals surface area (Å²) >= 11 is 0. The molecule has 1 aliphatic heterocycles. The second kappa shape index (κ2) is 8.29. The van der Waals surface area contributed by atoms with Gasteiger partial charge in [-0.25, -0.2) is 18.0 Å². The number of ether oxygens (including phenoxy) is 1. The Bertz CT molecular complexity index is 1170. The van der Waals surface area contributed by atoms with Crippen LogP contribution in [0.3, 0.4) is 0 Å². The van der Waals surface area contributed by atoms with Crippen molar-refractivity contribution in [3.8, 4) is 17.1 Å². The fourth-order valence-electron chi connectivity index (χ4n) is 3.53. The largest absolute Gasteiger partial charge is 0.493 e. The number of aromatic amines is 1. The molecule has 3 heterocycles. The Kier molecular flexibility index (Phi) is 5.72. The lowest BCUT2D eigenvalue weighted by atomic mass is 10.2. The number of nitrogens with zero attached hydrogens (tertiary/aromatic N) is 4. The average Bonchev–Trinajstić information content (AvgIpc) is 3.01. The summed E-state index contributed by atoms with van der Waals surface area (Å²) in [5.41, 5.74) is 1.33. The van der Waals surface area contributed by atoms with E-state index in [-0.39, 0.29) is 5.56 Å². The van der Waals surface area contributed by atoms with Gasteiger partial charge in [-0.2, -0.15) is 0 Å². The second-order valence-corrected chi connectivity index (χ2v) is 8.75. The molecule has 0 aliphatic carbocycles. The van der Waals surface area contributed by atoms with E-state index in [1.54, 1.807) is 33.9 Å². The van der Waals surface area contributed by atoms with Crippen LogP contribution in [0.2, 0.25) is 0 Å². The number of hydrogen-bond donors (Lipinski definition) is 2. The standard InChI is InChI=1S/C20H25N5O4S/c1-4-6-17-21-12(3)18-20(27)22-19(23-25(17)18)15-9-14(7-8-16(15)29-5-2)30(28)24-10-13(26)11-24/h7-9,13,26H,4-6,10-11H2,1-3H3,(H,22,23,27). The number of aromatic nitrogens is 4. The average molecular weight is 432 g/mol. The SMILES string of the molecule is CCCc1nc(C)c2c(=O)[nH]c(-c3cc(S(=O)N4CC(O)C4)ccc3OCC)nn12. The van der Waals surface area contributed by atoms with Crippen LogP contribution in [0.1, 0.15) is 31.8 Å². The van der Waals surface area contributed by atoms with Gasteiger partial charge in [0.2, 0.25) is 0 Å². The Labute approximate surface area is 176 Å². The number of aliphatic hydroxyl groups excluding tert-OH is 1. The number of aryl methyl sites for hydroxylation is 2. The Hall–Kier alpha value is -2.56. The van der Waals surface area contributed by atoms with Crippen molar-refractivity contribution < 1.29 is 14.1 Å². The van der Waals surface area contributed by atoms with Gasteiger partial charge in [0.25, 0.3) is 5.56 Å². The van der Waals surface area contributed by atoms with Gasteiger partial charge in [0.1, 0.15) is 22.6 Å². The minimum Gasteiger partial charge on any atom is -0.493 e. The zero-order valence-electron chi connectivity index (χ0n) is 17.2. The summed E-state index contributed by atoms with van der Waals surface area (Å²) in [6, 6.07) is 5.19. The predicted octanol–water partition coefficient (Wildman–Crippen LogP) is 1.44. The first-order valence-electron chi connectivity index (χ1n) is 10.0. The molecule has 160 valence electrons. The summed E-state index contributed by atoms with van der Waals surface area (Å²) in [6.07, 6.45) is 1.13. The first-order chi connectivity index (χ1) is 14.4. The molecule has 1 unspecified atom stereocenters. The fourth-order valence-corrected chi connectivity index (χ4v) is 4.84. The number of imidazole rings is 1. The molecule has 9 nitrogen and oxygen atoms in total. The van der Waals surface area contributed by atoms with E-state index < -0.39 is 17.1 Å². The van der Waals surface area contributed by atoms with Gasteiger partial charge in [0.05, 0.1) is 28.9 Å². The Morgan fingerprint density at radius 1 is 1.33 bits per heavy atom. The van der Waals surface area contributed by atoms with Crippen molar-refractivity contribution >= 4 is 16.5 Å². The first-order valence-corrected chi connectivity index (χ1v) is 11.1. The number of H-pyrrole nitrogens is 1. The molecular weight excluding hydrogens is 406 g/mol. The van der Waals surface area contributed by atoms with Gasteiger partial charge >= 0.3 is 0 Å². The van der Waals surface area contributed by atoms with Crippen molar-refractivity contribution in [2.24, 2.45) is 0 Å². The van der Waals surface area contributed by atoms with Crippen LogP contribution < -0.4 is 10.3 Å². The first kappa shape index (κ1) is 20.7. The van der Waals surface area contributed by atoms with Crippen LogP contribution in [-0.2, 0) is 17.4 Å². The summed E-state index contributed by atoms with van der Waals surface area (Å²) < 4.78 is 21.8. The molecule has 1 aromatic carbocycles. The molecule has 30 heavy (non-hydrogen) atoms. The third kappa shape index (κ3) is 3.66. The van der Waals surface area contributed by atoms with Gasteiger partial charge in [-0.15, -0.1) is 5.10 Å². The van der Waals surface area contributed by atoms with Gasteiger partial charge in [-0.05, 0) is 38.5 Å². The van der Waals surface area contributed by atoms with Crippen LogP contribution in [-0.4, -0.2) is 59.0 Å². The molecule has 0 amide bonds. The van der Waals surface area contributed by atoms with Gasteiger partial charge in [0, 0.05) is 19.5 Å². The van der Waals surface area contributed by atoms with Gasteiger partial charge in [-0.3, -0.25) is 4.79 Å². The van der Waals surface area contributed by atoms with Crippen molar-refractivity contribution in [2.75, 3.05) is 19.7 Å². The van der Waals surface area contributed by atoms with E-state index in [9.17, 15) is 14.1 Å². The van der Waals surface area contributed by atoms with Gasteiger partial charge < -0.3 is 14.8 Å². The van der Waals surface area contributed by atoms with Crippen LogP contribution in [0, 0.1) is 6.92 Å². The van der Waals surface area contributed by atoms with Gasteiger partial charge in [0.15, 0.2) is 11.3 Å². The van der Waals surface area contributed by atoms with Crippen molar-refractivity contribution in [3.05, 3.63) is 40.1 Å². The number of fused-ring (bicyclic) bond motifs is 1. The summed E-state index contributed by atoms with van der Waals surface area (Å²) in [6.45, 7) is 6.88. The molecule has 10 heteroatoms. The van der Waals surface area contributed by atoms with E-state index >= 15 is 0 Å². The minimum atomic E-state index is -1.42. The lowest BCUT2D eigenvalue weighted by Crippen LogP contribution is -2.51. The Balaban J connectivity index is 1.84. The quantitative estimate of drug-likeness (QED) is 0.585. The minimum absolute atomic E-state index is 0.285. The highest BCUT2D eigenvalue weighted by atomic mass is 32.2. The molecular formula is C20H25N5O4S. The highest BCUT2D eigenvalue weighted by Crippen LogP contribution is 2.31. The molecule has 3 aromatic rings. The molecule has 1 fully saturated rings. The maximum absolute atomic E-state index is 12.8. The Morgan fingerprint density at radius 2 is 2.10 bits per heavy atom. The number of β-amino-alcohol motifs (C(OH)–C–C–N with tert-alkyl or cyclic N) is 1. The van der Waals surface area contributed by atoms with E-state index in [1.165, 1.54) is 0 Å². The maximum atomic E-state index is 12.8. The third-order valence-electron chi connectivity index (χ3n) is 4.99. The van der Waals surface area contributed by atoms with E-state index in [2.05, 4.69) is 15.1 Å². The highest BCUT2D eigenvalue weighted by molar-refractivity contribution is 7.82. The molecule has 2 N–H and O–H groups in total. The summed E-state index contributed by atoms with van der Waals surface area (Å²) in [5.74, 6) is 1.59. The predicted molar refractivity (Wildman–Crippen MR) is 113 cm³/mol. The normalized spacial score (nSPS) is 16.0. The molecule has 0 spiro atoms. The lowest BCUT2D eigenvalue weighted by Gasteiger charge is -2.34. The molecule has 0 saturated carbocycles. The summed E-state index contributed by atoms with van der Waals surface area (Å²) in [5, 5.41) is 14.2. The molecule has 0 bridgehead atoms. The van der Waals surface area contributed by atoms with Crippen molar-refractivity contribution in [1.82, 2.24) is 23.9 Å². The van der Waals surface area contributed by atoms with Crippen LogP contribution in [0.5, 0.6) is 5.75 Å². The van der Waals surface area contributed by atoms with Crippen LogP contribution in [0.25, 0.3) is 16.9 Å². The highest BCUT2D eigenvalue weighted by Gasteiger charge is 2.30. The van der Waals surface area contributed by atoms with E-state index in [0.29, 0.717) is 59.4 Å². The summed E-state index contributed by atoms with van der Waals surface area (Å²) in [4.78, 5) is 20.7. The van der Waals surface area contributed by atoms with E-state index in [4.69, 9.17) is 4.74 Å². The zero-order valence-corrected chi connectivity index (χ0v) is 18.0. The topological polar surface area (TPSA) is 113 Å². The smallest absolute Gasteiger partial charge is 0.277 e. The Morgan fingerprint density at radius 3 is 2.77 bits per heavy atom. The van der Waals surface area contributed by atoms with Crippen molar-refractivity contribution in [2.45, 2.75) is 44.6 Å². The molecule has 1 aliphatic rings. The van der Waals surface area contributed by atoms with E-state index in [0.717, 1.165) is 12.2 Å². The molecule has 2 aromatic heterocycles. The molecule has 0 radical (unpaired) electrons. The van der Waals surface area contributed by atoms with Gasteiger partial charge in [-0.1, -0.05) is 6.92 Å². The van der Waals surface area contributed by atoms with Crippen molar-refractivity contribution in [1.29, 1.82) is 0 Å². The fraction of sp³-hybridized carbons (Fsp3) is 0.450. The number of nitrogens with one attached hydrogen (secondary N) is 1. The monoisotopic (exact) mass is 431 g/mol. The zero-order chi connectivity index (χ0) is 21.4. The van der Waals surface area contributed by atoms with Crippen LogP contribution in [0.4, 0.5) is 0 Å². The molecule has 1 atom stereocenters. The number of benzene rings is 1. The van der Waals surface area contributed by atoms with Crippen LogP contribution in [0.15, 0.2) is 27.9 Å². The third-order valence-corrected chi connectivity index (χ3v) is 6.41. The number of rotatable bonds is 7. The van der Waals surface area contributed by atoms with Crippen LogP contribution >= 0.6 is 0 Å². The van der Waals surface area contributed by atoms with Crippen molar-refractivity contribution in [3.63, 3.8) is 0 Å². The molecule has 1 saturated heterocycles. The molecule has 4 rings (SSSR count). The van der Waals surface area contributed by atoms with E-state index in [1.807, 2.05) is 13.8 Å². The lowest BCUT2D eigenvalue weighted by molar-refractivity contribution is 0.0582. The summed E-state index contributed by atoms with van der Waals surface area (Å²) in [7, 11) is -1.42. The number of aliphatic hydroxyl groups is 1. The number of hydrogen-bond acceptors (Lipinski definition) is 6. The maximum Gasteiger partial charge on any atom is 0.277 e.